The minimum atomic E-state index is -1.16. The molecular formula is C25H45AcN4O7-. The van der Waals surface area contributed by atoms with Gasteiger partial charge in [0.1, 0.15) is 11.2 Å². The van der Waals surface area contributed by atoms with Crippen molar-refractivity contribution in [3.8, 4) is 0 Å². The number of carbonyl (C=O) groups excluding carboxylic acids is 3. The predicted molar refractivity (Wildman–Crippen MR) is 136 cm³/mol. The number of nitrogens with one attached hydrogen (secondary N) is 3. The Hall–Kier alpha value is -0.958. The van der Waals surface area contributed by atoms with Gasteiger partial charge in [0.15, 0.2) is 0 Å². The van der Waals surface area contributed by atoms with Crippen LogP contribution < -0.4 is 10.6 Å². The molecule has 1 saturated carbocycles. The molecule has 1 aliphatic rings. The Labute approximate surface area is 257 Å². The molecule has 1 aliphatic carbocycles. The van der Waals surface area contributed by atoms with Crippen molar-refractivity contribution in [1.29, 1.82) is 0 Å². The SMILES string of the molecule is CCOC(=O)[C@H]1C[C@@H](N=C(NC(=O)OC(C)(C)C)NC(=O)OC(C)(C)C)[C@H](C([NH-])C(CC)CC)[C@@H]1O.[Ac]. The number of esters is 1. The van der Waals surface area contributed by atoms with Crippen LogP contribution in [0.4, 0.5) is 9.59 Å². The zero-order chi connectivity index (χ0) is 27.8. The summed E-state index contributed by atoms with van der Waals surface area (Å²) in [6.07, 6.45) is -1.34. The normalized spacial score (nSPS) is 22.4. The average Bonchev–Trinajstić information content (AvgIpc) is 3.01. The molecule has 12 heteroatoms. The molecule has 0 aromatic carbocycles. The second-order valence-electron chi connectivity index (χ2n) is 11.1. The molecular weight excluding hydrogens is 695 g/mol. The van der Waals surface area contributed by atoms with Crippen LogP contribution in [0.2, 0.25) is 0 Å². The zero-order valence-electron chi connectivity index (χ0n) is 23.7. The molecule has 37 heavy (non-hydrogen) atoms. The first-order valence-corrected chi connectivity index (χ1v) is 12.7. The Morgan fingerprint density at radius 2 is 1.43 bits per heavy atom. The minimum absolute atomic E-state index is 0. The van der Waals surface area contributed by atoms with E-state index < -0.39 is 59.4 Å². The van der Waals surface area contributed by atoms with Crippen molar-refractivity contribution in [3.05, 3.63) is 5.73 Å². The number of hydrogen-bond acceptors (Lipinski definition) is 8. The number of amides is 2. The van der Waals surface area contributed by atoms with Crippen LogP contribution >= 0.6 is 0 Å². The minimum Gasteiger partial charge on any atom is -0.674 e. The summed E-state index contributed by atoms with van der Waals surface area (Å²) in [5.74, 6) is -2.45. The first-order chi connectivity index (χ1) is 16.5. The van der Waals surface area contributed by atoms with Crippen LogP contribution in [0.3, 0.4) is 0 Å². The van der Waals surface area contributed by atoms with Crippen LogP contribution in [0.1, 0.15) is 81.6 Å². The molecule has 211 valence electrons. The summed E-state index contributed by atoms with van der Waals surface area (Å²) >= 11 is 0. The Bertz CT molecular complexity index is 759. The number of hydrogen-bond donors (Lipinski definition) is 3. The van der Waals surface area contributed by atoms with Crippen LogP contribution in [-0.4, -0.2) is 65.2 Å². The van der Waals surface area contributed by atoms with Crippen molar-refractivity contribution in [2.75, 3.05) is 6.61 Å². The standard InChI is InChI=1S/C25H45N4O7.Ac/c1-10-14(11-2)18(26)17-16(13-15(19(17)30)20(31)34-12-3)27-21(28-22(32)35-24(4,5)6)29-23(33)36-25(7,8)9;/h14-19,26,30H,10-13H2,1-9H3,(H2,27,28,29,32,33);/q-1;/t15-,16+,17+,18?,19+;/m0./s1. The molecule has 1 radical (unpaired) electrons. The van der Waals surface area contributed by atoms with Gasteiger partial charge in [-0.15, -0.1) is 6.04 Å². The Morgan fingerprint density at radius 3 is 1.81 bits per heavy atom. The molecule has 1 fully saturated rings. The fourth-order valence-electron chi connectivity index (χ4n) is 4.30. The summed E-state index contributed by atoms with van der Waals surface area (Å²) < 4.78 is 15.7. The number of alkyl carbamates (subject to hydrolysis) is 2. The number of rotatable bonds is 7. The van der Waals surface area contributed by atoms with Gasteiger partial charge in [-0.1, -0.05) is 32.6 Å². The molecule has 0 aromatic heterocycles. The Morgan fingerprint density at radius 1 is 0.973 bits per heavy atom. The summed E-state index contributed by atoms with van der Waals surface area (Å²) in [5, 5.41) is 16.0. The molecule has 0 saturated heterocycles. The molecule has 5 atom stereocenters. The van der Waals surface area contributed by atoms with E-state index in [0.29, 0.717) is 12.8 Å². The quantitative estimate of drug-likeness (QED) is 0.153. The molecule has 0 aromatic rings. The van der Waals surface area contributed by atoms with Crippen molar-refractivity contribution in [2.45, 2.75) is 111 Å². The second kappa shape index (κ2) is 15.6. The van der Waals surface area contributed by atoms with E-state index in [4.69, 9.17) is 19.9 Å². The molecule has 11 nitrogen and oxygen atoms in total. The third-order valence-electron chi connectivity index (χ3n) is 5.84. The molecule has 0 heterocycles. The number of nitrogens with zero attached hydrogens (tertiary/aromatic N) is 1. The maximum Gasteiger partial charge on any atom is 0.414 e. The third kappa shape index (κ3) is 12.2. The molecule has 1 rings (SSSR count). The number of guanidine groups is 1. The van der Waals surface area contributed by atoms with E-state index in [9.17, 15) is 19.5 Å². The van der Waals surface area contributed by atoms with E-state index in [2.05, 4.69) is 15.6 Å². The van der Waals surface area contributed by atoms with Crippen LogP contribution in [0.5, 0.6) is 0 Å². The molecule has 2 amide bonds. The van der Waals surface area contributed by atoms with Gasteiger partial charge in [-0.25, -0.2) is 14.6 Å². The van der Waals surface area contributed by atoms with Gasteiger partial charge in [-0.3, -0.25) is 15.4 Å². The van der Waals surface area contributed by atoms with E-state index in [0.717, 1.165) is 0 Å². The number of aliphatic imine (C=N–C) groups is 1. The summed E-state index contributed by atoms with van der Waals surface area (Å²) in [6, 6.07) is -1.48. The summed E-state index contributed by atoms with van der Waals surface area (Å²) in [5.41, 5.74) is 7.28. The number of ether oxygens (including phenoxy) is 3. The fourth-order valence-corrected chi connectivity index (χ4v) is 4.30. The number of carbonyl (C=O) groups is 3. The van der Waals surface area contributed by atoms with Crippen molar-refractivity contribution in [2.24, 2.45) is 22.7 Å². The molecule has 1 unspecified atom stereocenters. The summed E-state index contributed by atoms with van der Waals surface area (Å²) in [7, 11) is 0. The van der Waals surface area contributed by atoms with Crippen LogP contribution in [0, 0.1) is 61.8 Å². The van der Waals surface area contributed by atoms with Gasteiger partial charge in [-0.05, 0) is 60.8 Å². The van der Waals surface area contributed by atoms with Crippen molar-refractivity contribution >= 4 is 24.1 Å². The van der Waals surface area contributed by atoms with Gasteiger partial charge in [0.05, 0.1) is 24.7 Å². The van der Waals surface area contributed by atoms with Gasteiger partial charge in [0.2, 0.25) is 5.96 Å². The third-order valence-corrected chi connectivity index (χ3v) is 5.84. The number of aliphatic hydroxyl groups is 1. The fraction of sp³-hybridized carbons (Fsp3) is 0.840. The van der Waals surface area contributed by atoms with Crippen LogP contribution in [0.25, 0.3) is 5.73 Å². The van der Waals surface area contributed by atoms with Gasteiger partial charge >= 0.3 is 18.2 Å². The van der Waals surface area contributed by atoms with E-state index in [-0.39, 0.29) is 69.0 Å². The molecule has 0 bridgehead atoms. The summed E-state index contributed by atoms with van der Waals surface area (Å²) in [6.45, 7) is 15.9. The largest absolute Gasteiger partial charge is 0.674 e. The average molecular weight is 741 g/mol. The van der Waals surface area contributed by atoms with E-state index in [1.165, 1.54) is 0 Å². The first kappa shape index (κ1) is 36.0. The zero-order valence-corrected chi connectivity index (χ0v) is 28.5. The summed E-state index contributed by atoms with van der Waals surface area (Å²) in [4.78, 5) is 42.0. The van der Waals surface area contributed by atoms with Gasteiger partial charge in [-0.2, -0.15) is 0 Å². The smallest absolute Gasteiger partial charge is 0.414 e. The maximum atomic E-state index is 12.6. The van der Waals surface area contributed by atoms with Crippen molar-refractivity contribution in [1.82, 2.24) is 10.6 Å². The first-order valence-electron chi connectivity index (χ1n) is 12.7. The molecule has 0 spiro atoms. The van der Waals surface area contributed by atoms with Gasteiger partial charge in [0, 0.05) is 44.1 Å². The van der Waals surface area contributed by atoms with E-state index in [1.54, 1.807) is 48.5 Å². The second-order valence-corrected chi connectivity index (χ2v) is 11.1. The van der Waals surface area contributed by atoms with Gasteiger partial charge in [0.25, 0.3) is 0 Å². The molecule has 4 N–H and O–H groups in total. The van der Waals surface area contributed by atoms with Gasteiger partial charge < -0.3 is 25.1 Å². The van der Waals surface area contributed by atoms with Crippen LogP contribution in [0.15, 0.2) is 4.99 Å². The number of aliphatic hydroxyl groups excluding tert-OH is 1. The molecule has 0 aliphatic heterocycles. The van der Waals surface area contributed by atoms with E-state index >= 15 is 0 Å². The maximum absolute atomic E-state index is 12.6. The Balaban J connectivity index is 0.0000130. The monoisotopic (exact) mass is 740 g/mol. The Kier molecular flexibility index (Phi) is 15.2. The van der Waals surface area contributed by atoms with Crippen molar-refractivity contribution in [3.63, 3.8) is 0 Å². The van der Waals surface area contributed by atoms with Crippen LogP contribution in [-0.2, 0) is 19.0 Å². The topological polar surface area (TPSA) is 159 Å². The predicted octanol–water partition coefficient (Wildman–Crippen LogP) is 4.18. The van der Waals surface area contributed by atoms with E-state index in [1.807, 2.05) is 13.8 Å². The van der Waals surface area contributed by atoms with Crippen molar-refractivity contribution < 1.29 is 77.8 Å².